The number of hydrogen-bond donors (Lipinski definition) is 1. The van der Waals surface area contributed by atoms with Gasteiger partial charge < -0.3 is 14.6 Å². The van der Waals surface area contributed by atoms with Crippen LogP contribution >= 0.6 is 0 Å². The number of ether oxygens (including phenoxy) is 1. The van der Waals surface area contributed by atoms with Gasteiger partial charge in [0.1, 0.15) is 6.54 Å². The molecule has 0 unspecified atom stereocenters. The van der Waals surface area contributed by atoms with E-state index in [4.69, 9.17) is 4.74 Å². The minimum absolute atomic E-state index is 0.0184. The molecule has 0 aliphatic carbocycles. The lowest BCUT2D eigenvalue weighted by Gasteiger charge is -2.19. The average Bonchev–Trinajstić information content (AvgIpc) is 2.90. The Bertz CT molecular complexity index is 481. The van der Waals surface area contributed by atoms with Crippen LogP contribution in [0.25, 0.3) is 0 Å². The quantitative estimate of drug-likeness (QED) is 0.647. The van der Waals surface area contributed by atoms with Gasteiger partial charge in [-0.15, -0.1) is 0 Å². The highest BCUT2D eigenvalue weighted by Crippen LogP contribution is 2.10. The lowest BCUT2D eigenvalue weighted by atomic mass is 10.2. The Morgan fingerprint density at radius 2 is 2.15 bits per heavy atom. The second-order valence-electron chi connectivity index (χ2n) is 4.79. The van der Waals surface area contributed by atoms with Gasteiger partial charge in [-0.3, -0.25) is 14.4 Å². The molecule has 0 radical (unpaired) electrons. The second-order valence-corrected chi connectivity index (χ2v) is 4.79. The molecule has 1 amide bonds. The van der Waals surface area contributed by atoms with Crippen LogP contribution in [-0.4, -0.2) is 47.2 Å². The van der Waals surface area contributed by atoms with Crippen molar-refractivity contribution in [2.45, 2.75) is 25.7 Å². The molecule has 1 aromatic heterocycles. The predicted octanol–water partition coefficient (Wildman–Crippen LogP) is 1.14. The maximum atomic E-state index is 11.7. The van der Waals surface area contributed by atoms with Gasteiger partial charge in [0.2, 0.25) is 11.7 Å². The molecule has 1 fully saturated rings. The fourth-order valence-corrected chi connectivity index (χ4v) is 2.13. The number of nitrogens with one attached hydrogen (secondary N) is 1. The number of amides is 1. The summed E-state index contributed by atoms with van der Waals surface area (Å²) in [5.41, 5.74) is 0.406. The molecular formula is C14H18N2O4. The van der Waals surface area contributed by atoms with Crippen LogP contribution in [0.2, 0.25) is 0 Å². The van der Waals surface area contributed by atoms with E-state index in [1.165, 1.54) is 4.90 Å². The normalized spacial score (nSPS) is 15.8. The van der Waals surface area contributed by atoms with E-state index in [0.29, 0.717) is 18.7 Å². The molecule has 20 heavy (non-hydrogen) atoms. The van der Waals surface area contributed by atoms with Gasteiger partial charge in [-0.25, -0.2) is 0 Å². The SMILES string of the molecule is O=C(CN1CCCCCC1=O)OCC(=O)c1ccc[nH]1. The molecule has 1 aromatic rings. The Morgan fingerprint density at radius 1 is 1.30 bits per heavy atom. The van der Waals surface area contributed by atoms with E-state index in [1.807, 2.05) is 0 Å². The van der Waals surface area contributed by atoms with Gasteiger partial charge in [-0.05, 0) is 25.0 Å². The lowest BCUT2D eigenvalue weighted by Crippen LogP contribution is -2.36. The summed E-state index contributed by atoms with van der Waals surface area (Å²) in [5.74, 6) is -0.846. The molecule has 1 N–H and O–H groups in total. The number of rotatable bonds is 5. The van der Waals surface area contributed by atoms with E-state index in [-0.39, 0.29) is 24.8 Å². The fraction of sp³-hybridized carbons (Fsp3) is 0.500. The summed E-state index contributed by atoms with van der Waals surface area (Å²) in [6, 6.07) is 3.32. The summed E-state index contributed by atoms with van der Waals surface area (Å²) in [6.07, 6.45) is 4.89. The topological polar surface area (TPSA) is 79.5 Å². The summed E-state index contributed by atoms with van der Waals surface area (Å²) in [4.78, 5) is 39.3. The number of carbonyl (C=O) groups excluding carboxylic acids is 3. The molecule has 0 aromatic carbocycles. The zero-order valence-electron chi connectivity index (χ0n) is 11.3. The van der Waals surface area contributed by atoms with E-state index in [0.717, 1.165) is 19.3 Å². The molecule has 1 aliphatic rings. The van der Waals surface area contributed by atoms with Gasteiger partial charge in [0.05, 0.1) is 5.69 Å². The van der Waals surface area contributed by atoms with Crippen molar-refractivity contribution in [2.75, 3.05) is 19.7 Å². The van der Waals surface area contributed by atoms with Crippen molar-refractivity contribution < 1.29 is 19.1 Å². The van der Waals surface area contributed by atoms with Crippen LogP contribution in [0.3, 0.4) is 0 Å². The van der Waals surface area contributed by atoms with Crippen LogP contribution in [0.5, 0.6) is 0 Å². The summed E-state index contributed by atoms with van der Waals surface area (Å²) in [5, 5.41) is 0. The predicted molar refractivity (Wildman–Crippen MR) is 71.1 cm³/mol. The summed E-state index contributed by atoms with van der Waals surface area (Å²) in [7, 11) is 0. The number of hydrogen-bond acceptors (Lipinski definition) is 4. The van der Waals surface area contributed by atoms with E-state index >= 15 is 0 Å². The standard InChI is InChI=1S/C14H18N2O4/c17-12(11-5-4-7-15-11)10-20-14(19)9-16-8-3-1-2-6-13(16)18/h4-5,7,15H,1-3,6,8-10H2. The Kier molecular flexibility index (Phi) is 4.92. The molecule has 0 saturated carbocycles. The summed E-state index contributed by atoms with van der Waals surface area (Å²) in [6.45, 7) is 0.205. The smallest absolute Gasteiger partial charge is 0.326 e. The molecule has 1 saturated heterocycles. The van der Waals surface area contributed by atoms with Gasteiger partial charge in [0.25, 0.3) is 0 Å². The maximum Gasteiger partial charge on any atom is 0.326 e. The van der Waals surface area contributed by atoms with Gasteiger partial charge in [-0.2, -0.15) is 0 Å². The highest BCUT2D eigenvalue weighted by Gasteiger charge is 2.20. The first kappa shape index (κ1) is 14.3. The number of Topliss-reactive ketones (excluding diaryl/α,β-unsaturated/α-hetero) is 1. The second kappa shape index (κ2) is 6.88. The van der Waals surface area contributed by atoms with E-state index < -0.39 is 5.97 Å². The van der Waals surface area contributed by atoms with Crippen LogP contribution in [0, 0.1) is 0 Å². The first-order valence-electron chi connectivity index (χ1n) is 6.77. The molecule has 1 aliphatic heterocycles. The van der Waals surface area contributed by atoms with Crippen molar-refractivity contribution in [3.63, 3.8) is 0 Å². The number of nitrogens with zero attached hydrogens (tertiary/aromatic N) is 1. The third-order valence-electron chi connectivity index (χ3n) is 3.25. The molecular weight excluding hydrogens is 260 g/mol. The first-order chi connectivity index (χ1) is 9.66. The number of carbonyl (C=O) groups is 3. The Hall–Kier alpha value is -2.11. The van der Waals surface area contributed by atoms with Gasteiger partial charge in [0, 0.05) is 19.2 Å². The first-order valence-corrected chi connectivity index (χ1v) is 6.77. The van der Waals surface area contributed by atoms with Crippen LogP contribution in [0.15, 0.2) is 18.3 Å². The minimum Gasteiger partial charge on any atom is -0.456 e. The Morgan fingerprint density at radius 3 is 2.90 bits per heavy atom. The molecule has 2 heterocycles. The zero-order chi connectivity index (χ0) is 14.4. The van der Waals surface area contributed by atoms with Crippen molar-refractivity contribution in [3.8, 4) is 0 Å². The van der Waals surface area contributed by atoms with Gasteiger partial charge in [-0.1, -0.05) is 6.42 Å². The van der Waals surface area contributed by atoms with E-state index in [2.05, 4.69) is 4.98 Å². The van der Waals surface area contributed by atoms with Crippen molar-refractivity contribution >= 4 is 17.7 Å². The average molecular weight is 278 g/mol. The van der Waals surface area contributed by atoms with Crippen molar-refractivity contribution in [2.24, 2.45) is 0 Å². The highest BCUT2D eigenvalue weighted by molar-refractivity contribution is 5.96. The van der Waals surface area contributed by atoms with Crippen molar-refractivity contribution in [1.29, 1.82) is 0 Å². The summed E-state index contributed by atoms with van der Waals surface area (Å²) < 4.78 is 4.92. The number of likely N-dealkylation sites (tertiary alicyclic amines) is 1. The number of ketones is 1. The Balaban J connectivity index is 1.77. The van der Waals surface area contributed by atoms with E-state index in [9.17, 15) is 14.4 Å². The lowest BCUT2D eigenvalue weighted by molar-refractivity contribution is -0.148. The molecule has 108 valence electrons. The third kappa shape index (κ3) is 3.94. The van der Waals surface area contributed by atoms with E-state index in [1.54, 1.807) is 18.3 Å². The number of aromatic nitrogens is 1. The monoisotopic (exact) mass is 278 g/mol. The minimum atomic E-state index is -0.542. The van der Waals surface area contributed by atoms with Crippen LogP contribution in [0.4, 0.5) is 0 Å². The van der Waals surface area contributed by atoms with Gasteiger partial charge in [0.15, 0.2) is 6.61 Å². The zero-order valence-corrected chi connectivity index (χ0v) is 11.3. The third-order valence-corrected chi connectivity index (χ3v) is 3.25. The largest absolute Gasteiger partial charge is 0.456 e. The van der Waals surface area contributed by atoms with Gasteiger partial charge >= 0.3 is 5.97 Å². The van der Waals surface area contributed by atoms with Crippen LogP contribution < -0.4 is 0 Å². The summed E-state index contributed by atoms with van der Waals surface area (Å²) >= 11 is 0. The van der Waals surface area contributed by atoms with Crippen molar-refractivity contribution in [3.05, 3.63) is 24.0 Å². The molecule has 0 atom stereocenters. The fourth-order valence-electron chi connectivity index (χ4n) is 2.13. The highest BCUT2D eigenvalue weighted by atomic mass is 16.5. The number of aromatic amines is 1. The van der Waals surface area contributed by atoms with Crippen LogP contribution in [-0.2, 0) is 14.3 Å². The molecule has 0 spiro atoms. The number of esters is 1. The van der Waals surface area contributed by atoms with Crippen molar-refractivity contribution in [1.82, 2.24) is 9.88 Å². The number of H-pyrrole nitrogens is 1. The molecule has 6 heteroatoms. The van der Waals surface area contributed by atoms with Crippen LogP contribution in [0.1, 0.15) is 36.2 Å². The Labute approximate surface area is 117 Å². The molecule has 6 nitrogen and oxygen atoms in total. The molecule has 0 bridgehead atoms. The maximum absolute atomic E-state index is 11.7. The molecule has 2 rings (SSSR count).